The van der Waals surface area contributed by atoms with Gasteiger partial charge < -0.3 is 15.1 Å². The van der Waals surface area contributed by atoms with Crippen LogP contribution < -0.4 is 0 Å². The third-order valence-corrected chi connectivity index (χ3v) is 5.57. The summed E-state index contributed by atoms with van der Waals surface area (Å²) in [5, 5.41) is 21.3. The maximum atomic E-state index is 13.1. The van der Waals surface area contributed by atoms with Gasteiger partial charge in [-0.3, -0.25) is 9.59 Å². The number of aliphatic hydroxyl groups is 1. The number of aliphatic hydroxyl groups excluding tert-OH is 1. The molecule has 1 fully saturated rings. The zero-order valence-electron chi connectivity index (χ0n) is 17.4. The number of phenols is 1. The molecule has 1 atom stereocenters. The van der Waals surface area contributed by atoms with Crippen LogP contribution >= 0.6 is 0 Å². The molecule has 3 aromatic rings. The first-order valence-electron chi connectivity index (χ1n) is 10.1. The first kappa shape index (κ1) is 20.4. The van der Waals surface area contributed by atoms with Crippen molar-refractivity contribution < 1.29 is 19.8 Å². The summed E-state index contributed by atoms with van der Waals surface area (Å²) in [6.07, 6.45) is 0. The molecule has 31 heavy (non-hydrogen) atoms. The molecule has 3 aromatic carbocycles. The second-order valence-electron chi connectivity index (χ2n) is 7.83. The molecule has 5 nitrogen and oxygen atoms in total. The summed E-state index contributed by atoms with van der Waals surface area (Å²) in [7, 11) is 0. The number of ketones is 1. The number of carbonyl (C=O) groups is 2. The number of carbonyl (C=O) groups excluding carboxylic acids is 2. The van der Waals surface area contributed by atoms with Gasteiger partial charge in [0.15, 0.2) is 0 Å². The second kappa shape index (κ2) is 8.11. The van der Waals surface area contributed by atoms with Crippen LogP contribution in [0.4, 0.5) is 0 Å². The molecule has 0 aliphatic carbocycles. The summed E-state index contributed by atoms with van der Waals surface area (Å²) in [5.41, 5.74) is 3.69. The number of rotatable bonds is 4. The van der Waals surface area contributed by atoms with Gasteiger partial charge >= 0.3 is 0 Å². The number of benzene rings is 3. The predicted molar refractivity (Wildman–Crippen MR) is 118 cm³/mol. The first-order valence-corrected chi connectivity index (χ1v) is 10.1. The zero-order chi connectivity index (χ0) is 22.1. The Balaban J connectivity index is 1.91. The molecule has 0 bridgehead atoms. The number of likely N-dealkylation sites (tertiary alicyclic amines) is 1. The van der Waals surface area contributed by atoms with Crippen molar-refractivity contribution in [3.8, 4) is 5.75 Å². The van der Waals surface area contributed by atoms with Gasteiger partial charge in [0.25, 0.3) is 11.7 Å². The smallest absolute Gasteiger partial charge is 0.295 e. The van der Waals surface area contributed by atoms with Crippen LogP contribution in [0.25, 0.3) is 5.76 Å². The van der Waals surface area contributed by atoms with Gasteiger partial charge in [-0.15, -0.1) is 0 Å². The minimum atomic E-state index is -0.813. The van der Waals surface area contributed by atoms with Gasteiger partial charge in [0.05, 0.1) is 11.6 Å². The van der Waals surface area contributed by atoms with Crippen LogP contribution in [0.3, 0.4) is 0 Å². The lowest BCUT2D eigenvalue weighted by molar-refractivity contribution is -0.140. The summed E-state index contributed by atoms with van der Waals surface area (Å²) in [6, 6.07) is 20.6. The monoisotopic (exact) mass is 413 g/mol. The van der Waals surface area contributed by atoms with Gasteiger partial charge in [-0.1, -0.05) is 60.2 Å². The van der Waals surface area contributed by atoms with Crippen molar-refractivity contribution >= 4 is 17.4 Å². The summed E-state index contributed by atoms with van der Waals surface area (Å²) >= 11 is 0. The molecule has 2 N–H and O–H groups in total. The molecule has 5 heteroatoms. The van der Waals surface area contributed by atoms with Gasteiger partial charge in [0.1, 0.15) is 11.5 Å². The normalized spacial score (nSPS) is 17.9. The Morgan fingerprint density at radius 1 is 0.935 bits per heavy atom. The third kappa shape index (κ3) is 3.82. The number of Topliss-reactive ketones (excluding diaryl/α,β-unsaturated/α-hetero) is 1. The average molecular weight is 413 g/mol. The van der Waals surface area contributed by atoms with E-state index in [0.29, 0.717) is 11.1 Å². The highest BCUT2D eigenvalue weighted by Crippen LogP contribution is 2.41. The van der Waals surface area contributed by atoms with Crippen LogP contribution in [-0.2, 0) is 16.1 Å². The fourth-order valence-corrected chi connectivity index (χ4v) is 4.00. The van der Waals surface area contributed by atoms with E-state index < -0.39 is 17.7 Å². The summed E-state index contributed by atoms with van der Waals surface area (Å²) in [5.74, 6) is -1.59. The van der Waals surface area contributed by atoms with E-state index in [2.05, 4.69) is 0 Å². The number of amides is 1. The lowest BCUT2D eigenvalue weighted by Crippen LogP contribution is -2.29. The first-order chi connectivity index (χ1) is 14.9. The molecule has 0 saturated carbocycles. The van der Waals surface area contributed by atoms with Crippen molar-refractivity contribution in [3.63, 3.8) is 0 Å². The van der Waals surface area contributed by atoms with Gasteiger partial charge in [0, 0.05) is 12.1 Å². The van der Waals surface area contributed by atoms with Crippen LogP contribution in [0.15, 0.2) is 78.4 Å². The average Bonchev–Trinajstić information content (AvgIpc) is 3.00. The lowest BCUT2D eigenvalue weighted by Gasteiger charge is -2.25. The van der Waals surface area contributed by atoms with Gasteiger partial charge in [-0.05, 0) is 48.7 Å². The standard InChI is InChI=1S/C26H23NO4/c1-16-11-12-17(2)21(13-16)24(29)22-23(19-9-6-10-20(28)14-19)27(26(31)25(22)30)15-18-7-4-3-5-8-18/h3-14,23,28-29H,15H2,1-2H3/b24-22+. The Morgan fingerprint density at radius 3 is 2.39 bits per heavy atom. The van der Waals surface area contributed by atoms with Crippen LogP contribution in [0.5, 0.6) is 5.75 Å². The van der Waals surface area contributed by atoms with E-state index in [4.69, 9.17) is 0 Å². The van der Waals surface area contributed by atoms with E-state index in [9.17, 15) is 19.8 Å². The zero-order valence-corrected chi connectivity index (χ0v) is 17.4. The van der Waals surface area contributed by atoms with Gasteiger partial charge in [0.2, 0.25) is 0 Å². The minimum Gasteiger partial charge on any atom is -0.508 e. The highest BCUT2D eigenvalue weighted by atomic mass is 16.3. The molecule has 1 amide bonds. The lowest BCUT2D eigenvalue weighted by atomic mass is 9.93. The highest BCUT2D eigenvalue weighted by Gasteiger charge is 2.46. The molecule has 1 heterocycles. The Kier molecular flexibility index (Phi) is 5.34. The topological polar surface area (TPSA) is 77.8 Å². The Labute approximate surface area is 180 Å². The summed E-state index contributed by atoms with van der Waals surface area (Å²) < 4.78 is 0. The fraction of sp³-hybridized carbons (Fsp3) is 0.154. The molecule has 1 unspecified atom stereocenters. The van der Waals surface area contributed by atoms with Gasteiger partial charge in [-0.2, -0.15) is 0 Å². The van der Waals surface area contributed by atoms with Crippen molar-refractivity contribution in [2.24, 2.45) is 0 Å². The molecule has 1 saturated heterocycles. The van der Waals surface area contributed by atoms with E-state index in [1.807, 2.05) is 56.3 Å². The Morgan fingerprint density at radius 2 is 1.68 bits per heavy atom. The van der Waals surface area contributed by atoms with Crippen molar-refractivity contribution in [1.29, 1.82) is 0 Å². The van der Waals surface area contributed by atoms with E-state index in [1.165, 1.54) is 17.0 Å². The predicted octanol–water partition coefficient (Wildman–Crippen LogP) is 4.63. The Bertz CT molecular complexity index is 1200. The van der Waals surface area contributed by atoms with E-state index >= 15 is 0 Å². The number of hydrogen-bond acceptors (Lipinski definition) is 4. The number of aryl methyl sites for hydroxylation is 2. The second-order valence-corrected chi connectivity index (χ2v) is 7.83. The largest absolute Gasteiger partial charge is 0.508 e. The number of hydrogen-bond donors (Lipinski definition) is 2. The van der Waals surface area contributed by atoms with E-state index in [-0.39, 0.29) is 23.6 Å². The van der Waals surface area contributed by atoms with Crippen molar-refractivity contribution in [1.82, 2.24) is 4.90 Å². The van der Waals surface area contributed by atoms with Crippen LogP contribution in [-0.4, -0.2) is 26.8 Å². The molecule has 0 radical (unpaired) electrons. The molecule has 0 aromatic heterocycles. The van der Waals surface area contributed by atoms with E-state index in [0.717, 1.165) is 16.7 Å². The van der Waals surface area contributed by atoms with Crippen LogP contribution in [0.1, 0.15) is 33.9 Å². The van der Waals surface area contributed by atoms with Crippen molar-refractivity contribution in [3.05, 3.63) is 106 Å². The van der Waals surface area contributed by atoms with Crippen molar-refractivity contribution in [2.45, 2.75) is 26.4 Å². The number of aromatic hydroxyl groups is 1. The van der Waals surface area contributed by atoms with Crippen LogP contribution in [0.2, 0.25) is 0 Å². The maximum Gasteiger partial charge on any atom is 0.295 e. The van der Waals surface area contributed by atoms with E-state index in [1.54, 1.807) is 18.2 Å². The Hall–Kier alpha value is -3.86. The molecule has 156 valence electrons. The van der Waals surface area contributed by atoms with Crippen LogP contribution in [0, 0.1) is 13.8 Å². The molecular formula is C26H23NO4. The highest BCUT2D eigenvalue weighted by molar-refractivity contribution is 6.46. The SMILES string of the molecule is Cc1ccc(C)c(/C(O)=C2\C(=O)C(=O)N(Cc3ccccc3)C2c2cccc(O)c2)c1. The minimum absolute atomic E-state index is 0.0227. The number of phenolic OH excluding ortho intramolecular Hbond substituents is 1. The summed E-state index contributed by atoms with van der Waals surface area (Å²) in [4.78, 5) is 27.6. The quantitative estimate of drug-likeness (QED) is 0.371. The fourth-order valence-electron chi connectivity index (χ4n) is 4.00. The third-order valence-electron chi connectivity index (χ3n) is 5.57. The molecular weight excluding hydrogens is 390 g/mol. The summed E-state index contributed by atoms with van der Waals surface area (Å²) in [6.45, 7) is 3.95. The number of nitrogens with zero attached hydrogens (tertiary/aromatic N) is 1. The van der Waals surface area contributed by atoms with Crippen molar-refractivity contribution in [2.75, 3.05) is 0 Å². The maximum absolute atomic E-state index is 13.1. The van der Waals surface area contributed by atoms with Gasteiger partial charge in [-0.25, -0.2) is 0 Å². The molecule has 1 aliphatic heterocycles. The molecule has 1 aliphatic rings. The molecule has 0 spiro atoms. The molecule has 4 rings (SSSR count).